The average Bonchev–Trinajstić information content (AvgIpc) is 2.96. The summed E-state index contributed by atoms with van der Waals surface area (Å²) in [7, 11) is 0. The molecule has 1 aromatic heterocycles. The van der Waals surface area contributed by atoms with Gasteiger partial charge in [-0.25, -0.2) is 0 Å². The Labute approximate surface area is 141 Å². The number of thioether (sulfide) groups is 1. The molecule has 124 valence electrons. The number of hydrogen-bond donors (Lipinski definition) is 1. The zero-order chi connectivity index (χ0) is 16.7. The molecule has 1 N–H and O–H groups in total. The van der Waals surface area contributed by atoms with E-state index >= 15 is 0 Å². The first-order chi connectivity index (χ1) is 11.1. The first-order valence-electron chi connectivity index (χ1n) is 7.85. The lowest BCUT2D eigenvalue weighted by Gasteiger charge is -2.11. The van der Waals surface area contributed by atoms with Crippen molar-refractivity contribution in [3.63, 3.8) is 0 Å². The normalized spacial score (nSPS) is 12.1. The van der Waals surface area contributed by atoms with Crippen molar-refractivity contribution in [1.29, 1.82) is 0 Å². The van der Waals surface area contributed by atoms with Gasteiger partial charge in [-0.05, 0) is 25.8 Å². The summed E-state index contributed by atoms with van der Waals surface area (Å²) in [5, 5.41) is 7.00. The molecule has 2 aromatic rings. The van der Waals surface area contributed by atoms with Crippen LogP contribution in [0, 0.1) is 6.92 Å². The summed E-state index contributed by atoms with van der Waals surface area (Å²) in [6.07, 6.45) is 2.07. The van der Waals surface area contributed by atoms with Gasteiger partial charge in [0.25, 0.3) is 0 Å². The summed E-state index contributed by atoms with van der Waals surface area (Å²) in [4.78, 5) is 16.2. The van der Waals surface area contributed by atoms with Crippen LogP contribution in [0.15, 0.2) is 28.8 Å². The Balaban J connectivity index is 1.81. The van der Waals surface area contributed by atoms with Crippen LogP contribution in [0.4, 0.5) is 0 Å². The number of amides is 1. The molecule has 0 fully saturated rings. The molecule has 0 aliphatic carbocycles. The van der Waals surface area contributed by atoms with Crippen LogP contribution < -0.4 is 5.32 Å². The topological polar surface area (TPSA) is 68.0 Å². The van der Waals surface area contributed by atoms with Crippen molar-refractivity contribution in [2.75, 3.05) is 5.75 Å². The molecule has 0 saturated heterocycles. The molecule has 0 aliphatic rings. The molecular formula is C17H23N3O2S. The number of rotatable bonds is 8. The minimum absolute atomic E-state index is 0.0505. The van der Waals surface area contributed by atoms with E-state index in [0.717, 1.165) is 24.0 Å². The van der Waals surface area contributed by atoms with Gasteiger partial charge in [-0.1, -0.05) is 42.8 Å². The Morgan fingerprint density at radius 2 is 2.17 bits per heavy atom. The SMILES string of the molecule is CCC[C@H](C)NC(=O)CSCc1nc(-c2ccccc2C)no1. The second-order valence-electron chi connectivity index (χ2n) is 5.58. The van der Waals surface area contributed by atoms with Crippen LogP contribution in [-0.4, -0.2) is 27.8 Å². The molecule has 1 heterocycles. The number of carbonyl (C=O) groups is 1. The van der Waals surface area contributed by atoms with Gasteiger partial charge in [0.15, 0.2) is 0 Å². The first kappa shape index (κ1) is 17.5. The summed E-state index contributed by atoms with van der Waals surface area (Å²) in [5.41, 5.74) is 2.08. The summed E-state index contributed by atoms with van der Waals surface area (Å²) >= 11 is 1.48. The highest BCUT2D eigenvalue weighted by molar-refractivity contribution is 7.99. The van der Waals surface area contributed by atoms with Crippen LogP contribution in [0.3, 0.4) is 0 Å². The van der Waals surface area contributed by atoms with E-state index in [0.29, 0.717) is 23.2 Å². The lowest BCUT2D eigenvalue weighted by atomic mass is 10.1. The van der Waals surface area contributed by atoms with Crippen molar-refractivity contribution in [2.24, 2.45) is 0 Å². The van der Waals surface area contributed by atoms with E-state index in [-0.39, 0.29) is 11.9 Å². The molecule has 1 amide bonds. The maximum atomic E-state index is 11.8. The minimum atomic E-state index is 0.0505. The second kappa shape index (κ2) is 8.72. The number of nitrogens with one attached hydrogen (secondary N) is 1. The molecular weight excluding hydrogens is 310 g/mol. The monoisotopic (exact) mass is 333 g/mol. The molecule has 2 rings (SSSR count). The van der Waals surface area contributed by atoms with Crippen molar-refractivity contribution >= 4 is 17.7 Å². The Morgan fingerprint density at radius 1 is 1.39 bits per heavy atom. The zero-order valence-electron chi connectivity index (χ0n) is 13.8. The van der Waals surface area contributed by atoms with Gasteiger partial charge < -0.3 is 9.84 Å². The van der Waals surface area contributed by atoms with E-state index in [1.165, 1.54) is 11.8 Å². The highest BCUT2D eigenvalue weighted by Crippen LogP contribution is 2.21. The molecule has 0 unspecified atom stereocenters. The van der Waals surface area contributed by atoms with E-state index in [1.54, 1.807) is 0 Å². The Morgan fingerprint density at radius 3 is 2.91 bits per heavy atom. The second-order valence-corrected chi connectivity index (χ2v) is 6.56. The molecule has 0 aliphatic heterocycles. The Hall–Kier alpha value is -1.82. The molecule has 6 heteroatoms. The highest BCUT2D eigenvalue weighted by Gasteiger charge is 2.12. The maximum Gasteiger partial charge on any atom is 0.236 e. The number of carbonyl (C=O) groups excluding carboxylic acids is 1. The van der Waals surface area contributed by atoms with Crippen molar-refractivity contribution in [1.82, 2.24) is 15.5 Å². The Bertz CT molecular complexity index is 642. The number of hydrogen-bond acceptors (Lipinski definition) is 5. The largest absolute Gasteiger partial charge is 0.353 e. The standard InChI is InChI=1S/C17H23N3O2S/c1-4-7-13(3)18-15(21)10-23-11-16-19-17(20-22-16)14-9-6-5-8-12(14)2/h5-6,8-9,13H,4,7,10-11H2,1-3H3,(H,18,21)/t13-/m0/s1. The summed E-state index contributed by atoms with van der Waals surface area (Å²) < 4.78 is 5.26. The fourth-order valence-corrected chi connectivity index (χ4v) is 2.96. The molecule has 5 nitrogen and oxygen atoms in total. The van der Waals surface area contributed by atoms with Gasteiger partial charge in [-0.3, -0.25) is 4.79 Å². The molecule has 0 saturated carbocycles. The molecule has 1 atom stereocenters. The predicted octanol–water partition coefficient (Wildman–Crippen LogP) is 3.58. The van der Waals surface area contributed by atoms with Crippen LogP contribution in [0.5, 0.6) is 0 Å². The van der Waals surface area contributed by atoms with E-state index < -0.39 is 0 Å². The highest BCUT2D eigenvalue weighted by atomic mass is 32.2. The number of benzene rings is 1. The van der Waals surface area contributed by atoms with Gasteiger partial charge in [0, 0.05) is 11.6 Å². The summed E-state index contributed by atoms with van der Waals surface area (Å²) in [5.74, 6) is 2.13. The van der Waals surface area contributed by atoms with Gasteiger partial charge in [-0.15, -0.1) is 11.8 Å². The zero-order valence-corrected chi connectivity index (χ0v) is 14.7. The van der Waals surface area contributed by atoms with Crippen LogP contribution in [0.1, 0.15) is 38.1 Å². The van der Waals surface area contributed by atoms with Crippen LogP contribution in [0.25, 0.3) is 11.4 Å². The maximum absolute atomic E-state index is 11.8. The van der Waals surface area contributed by atoms with Gasteiger partial charge in [0.1, 0.15) is 0 Å². The minimum Gasteiger partial charge on any atom is -0.353 e. The number of aromatic nitrogens is 2. The number of aryl methyl sites for hydroxylation is 1. The van der Waals surface area contributed by atoms with Crippen LogP contribution >= 0.6 is 11.8 Å². The first-order valence-corrected chi connectivity index (χ1v) is 9.01. The average molecular weight is 333 g/mol. The van der Waals surface area contributed by atoms with Crippen LogP contribution in [0.2, 0.25) is 0 Å². The number of nitrogens with zero attached hydrogens (tertiary/aromatic N) is 2. The predicted molar refractivity (Wildman–Crippen MR) is 93.1 cm³/mol. The molecule has 0 bridgehead atoms. The van der Waals surface area contributed by atoms with Crippen molar-refractivity contribution in [2.45, 2.75) is 45.4 Å². The van der Waals surface area contributed by atoms with E-state index in [9.17, 15) is 4.79 Å². The van der Waals surface area contributed by atoms with Crippen molar-refractivity contribution in [3.05, 3.63) is 35.7 Å². The Kier molecular flexibility index (Phi) is 6.65. The van der Waals surface area contributed by atoms with Crippen molar-refractivity contribution < 1.29 is 9.32 Å². The van der Waals surface area contributed by atoms with Gasteiger partial charge in [0.2, 0.25) is 17.6 Å². The molecule has 1 aromatic carbocycles. The van der Waals surface area contributed by atoms with E-state index in [1.807, 2.05) is 38.1 Å². The summed E-state index contributed by atoms with van der Waals surface area (Å²) in [6.45, 7) is 6.15. The molecule has 0 radical (unpaired) electrons. The lowest BCUT2D eigenvalue weighted by Crippen LogP contribution is -2.33. The third-order valence-corrected chi connectivity index (χ3v) is 4.36. The smallest absolute Gasteiger partial charge is 0.236 e. The van der Waals surface area contributed by atoms with Crippen molar-refractivity contribution in [3.8, 4) is 11.4 Å². The van der Waals surface area contributed by atoms with Gasteiger partial charge in [-0.2, -0.15) is 4.98 Å². The van der Waals surface area contributed by atoms with E-state index in [2.05, 4.69) is 22.4 Å². The molecule has 23 heavy (non-hydrogen) atoms. The van der Waals surface area contributed by atoms with E-state index in [4.69, 9.17) is 4.52 Å². The third-order valence-electron chi connectivity index (χ3n) is 3.44. The molecule has 0 spiro atoms. The summed E-state index contributed by atoms with van der Waals surface area (Å²) in [6, 6.07) is 8.15. The quantitative estimate of drug-likeness (QED) is 0.799. The van der Waals surface area contributed by atoms with Gasteiger partial charge >= 0.3 is 0 Å². The third kappa shape index (κ3) is 5.39. The van der Waals surface area contributed by atoms with Gasteiger partial charge in [0.05, 0.1) is 11.5 Å². The fourth-order valence-electron chi connectivity index (χ4n) is 2.30. The lowest BCUT2D eigenvalue weighted by molar-refractivity contribution is -0.119. The van der Waals surface area contributed by atoms with Crippen LogP contribution in [-0.2, 0) is 10.5 Å². The fraction of sp³-hybridized carbons (Fsp3) is 0.471.